The lowest BCUT2D eigenvalue weighted by Gasteiger charge is -2.24. The summed E-state index contributed by atoms with van der Waals surface area (Å²) in [6.07, 6.45) is 8.78. The zero-order valence-electron chi connectivity index (χ0n) is 12.3. The van der Waals surface area contributed by atoms with Crippen molar-refractivity contribution in [1.29, 1.82) is 0 Å². The summed E-state index contributed by atoms with van der Waals surface area (Å²) >= 11 is 0. The molecule has 1 saturated carbocycles. The Balaban J connectivity index is 1.38. The molecule has 1 aliphatic heterocycles. The second-order valence-corrected chi connectivity index (χ2v) is 6.21. The number of imidazole rings is 1. The predicted molar refractivity (Wildman–Crippen MR) is 76.9 cm³/mol. The van der Waals surface area contributed by atoms with Gasteiger partial charge in [-0.25, -0.2) is 4.98 Å². The molecule has 4 rings (SSSR count). The second kappa shape index (κ2) is 5.26. The van der Waals surface area contributed by atoms with Crippen molar-refractivity contribution in [2.45, 2.75) is 57.0 Å². The molecular weight excluding hydrogens is 266 g/mol. The van der Waals surface area contributed by atoms with Gasteiger partial charge in [0.1, 0.15) is 5.82 Å². The van der Waals surface area contributed by atoms with Crippen LogP contribution in [-0.2, 0) is 6.54 Å². The Morgan fingerprint density at radius 3 is 3.19 bits per heavy atom. The van der Waals surface area contributed by atoms with Crippen molar-refractivity contribution in [3.05, 3.63) is 29.9 Å². The van der Waals surface area contributed by atoms with Gasteiger partial charge in [0.25, 0.3) is 0 Å². The van der Waals surface area contributed by atoms with E-state index in [9.17, 15) is 0 Å². The van der Waals surface area contributed by atoms with Crippen LogP contribution in [0.4, 0.5) is 0 Å². The highest BCUT2D eigenvalue weighted by Crippen LogP contribution is 2.38. The van der Waals surface area contributed by atoms with Crippen LogP contribution in [0.15, 0.2) is 16.9 Å². The van der Waals surface area contributed by atoms with Crippen molar-refractivity contribution >= 4 is 0 Å². The van der Waals surface area contributed by atoms with Gasteiger partial charge in [-0.2, -0.15) is 4.98 Å². The number of hydrogen-bond donors (Lipinski definition) is 1. The zero-order chi connectivity index (χ0) is 14.2. The molecule has 112 valence electrons. The van der Waals surface area contributed by atoms with Crippen molar-refractivity contribution in [3.8, 4) is 0 Å². The minimum Gasteiger partial charge on any atom is -0.338 e. The van der Waals surface area contributed by atoms with Crippen molar-refractivity contribution in [3.63, 3.8) is 0 Å². The van der Waals surface area contributed by atoms with E-state index in [2.05, 4.69) is 38.1 Å². The number of nitrogens with one attached hydrogen (secondary N) is 1. The topological polar surface area (TPSA) is 68.8 Å². The quantitative estimate of drug-likeness (QED) is 0.914. The molecule has 6 heteroatoms. The maximum absolute atomic E-state index is 5.38. The molecule has 1 N–H and O–H groups in total. The van der Waals surface area contributed by atoms with Crippen LogP contribution >= 0.6 is 0 Å². The highest BCUT2D eigenvalue weighted by Gasteiger charge is 2.30. The lowest BCUT2D eigenvalue weighted by atomic mass is 9.98. The molecule has 0 saturated heterocycles. The number of aryl methyl sites for hydroxylation is 1. The van der Waals surface area contributed by atoms with Crippen molar-refractivity contribution in [2.24, 2.45) is 0 Å². The van der Waals surface area contributed by atoms with Crippen LogP contribution < -0.4 is 5.32 Å². The molecule has 0 bridgehead atoms. The van der Waals surface area contributed by atoms with E-state index in [1.165, 1.54) is 31.5 Å². The van der Waals surface area contributed by atoms with Gasteiger partial charge in [0.05, 0.1) is 6.04 Å². The smallest absolute Gasteiger partial charge is 0.243 e. The number of nitrogens with zero attached hydrogens (tertiary/aromatic N) is 4. The van der Waals surface area contributed by atoms with E-state index in [-0.39, 0.29) is 6.04 Å². The summed E-state index contributed by atoms with van der Waals surface area (Å²) in [4.78, 5) is 9.01. The van der Waals surface area contributed by atoms with E-state index < -0.39 is 0 Å². The Bertz CT molecular complexity index is 615. The average Bonchev–Trinajstić information content (AvgIpc) is 3.04. The van der Waals surface area contributed by atoms with Crippen molar-refractivity contribution in [2.75, 3.05) is 6.54 Å². The van der Waals surface area contributed by atoms with Crippen molar-refractivity contribution in [1.82, 2.24) is 25.0 Å². The SMILES string of the molecule is C[C@@H](NC[C@H]1CCCn2ccnc21)c1nc(C2CC2)no1. The number of rotatable bonds is 5. The van der Waals surface area contributed by atoms with Gasteiger partial charge in [-0.3, -0.25) is 0 Å². The molecule has 0 radical (unpaired) electrons. The summed E-state index contributed by atoms with van der Waals surface area (Å²) in [6, 6.07) is 0.0929. The van der Waals surface area contributed by atoms with E-state index in [0.29, 0.717) is 17.7 Å². The molecule has 0 amide bonds. The minimum absolute atomic E-state index is 0.0929. The third kappa shape index (κ3) is 2.60. The Morgan fingerprint density at radius 1 is 1.43 bits per heavy atom. The summed E-state index contributed by atoms with van der Waals surface area (Å²) in [5, 5.41) is 7.60. The number of aromatic nitrogens is 4. The maximum atomic E-state index is 5.38. The van der Waals surface area contributed by atoms with Crippen LogP contribution in [-0.4, -0.2) is 26.2 Å². The number of hydrogen-bond acceptors (Lipinski definition) is 5. The first-order valence-electron chi connectivity index (χ1n) is 7.89. The predicted octanol–water partition coefficient (Wildman–Crippen LogP) is 2.37. The second-order valence-electron chi connectivity index (χ2n) is 6.21. The Labute approximate surface area is 123 Å². The third-order valence-corrected chi connectivity index (χ3v) is 4.51. The van der Waals surface area contributed by atoms with Gasteiger partial charge >= 0.3 is 0 Å². The maximum Gasteiger partial charge on any atom is 0.243 e. The van der Waals surface area contributed by atoms with Gasteiger partial charge in [0, 0.05) is 37.3 Å². The van der Waals surface area contributed by atoms with E-state index in [0.717, 1.165) is 18.9 Å². The third-order valence-electron chi connectivity index (χ3n) is 4.51. The molecule has 0 aromatic carbocycles. The molecule has 2 aromatic rings. The minimum atomic E-state index is 0.0929. The summed E-state index contributed by atoms with van der Waals surface area (Å²) in [5.74, 6) is 3.80. The van der Waals surface area contributed by atoms with Gasteiger partial charge in [-0.1, -0.05) is 5.16 Å². The monoisotopic (exact) mass is 287 g/mol. The summed E-state index contributed by atoms with van der Waals surface area (Å²) in [5.41, 5.74) is 0. The van der Waals surface area contributed by atoms with Gasteiger partial charge in [-0.15, -0.1) is 0 Å². The summed E-state index contributed by atoms with van der Waals surface area (Å²) in [7, 11) is 0. The average molecular weight is 287 g/mol. The summed E-state index contributed by atoms with van der Waals surface area (Å²) < 4.78 is 7.64. The molecule has 0 spiro atoms. The van der Waals surface area contributed by atoms with E-state index in [1.807, 2.05) is 6.20 Å². The normalized spacial score (nSPS) is 23.0. The molecule has 21 heavy (non-hydrogen) atoms. The fourth-order valence-corrected chi connectivity index (χ4v) is 3.04. The fourth-order valence-electron chi connectivity index (χ4n) is 3.04. The first-order valence-corrected chi connectivity index (χ1v) is 7.89. The zero-order valence-corrected chi connectivity index (χ0v) is 12.3. The molecule has 3 heterocycles. The molecule has 2 aromatic heterocycles. The molecular formula is C15H21N5O. The Kier molecular flexibility index (Phi) is 3.25. The fraction of sp³-hybridized carbons (Fsp3) is 0.667. The first-order chi connectivity index (χ1) is 10.3. The Hall–Kier alpha value is -1.69. The standard InChI is InChI=1S/C15H21N5O/c1-10(15-18-13(19-21-15)11-4-5-11)17-9-12-3-2-7-20-8-6-16-14(12)20/h6,8,10-12,17H,2-5,7,9H2,1H3/t10-,12-/m1/s1. The molecule has 2 aliphatic rings. The largest absolute Gasteiger partial charge is 0.338 e. The molecule has 6 nitrogen and oxygen atoms in total. The molecule has 2 atom stereocenters. The van der Waals surface area contributed by atoms with E-state index in [1.54, 1.807) is 0 Å². The molecule has 0 unspecified atom stereocenters. The molecule has 1 fully saturated rings. The van der Waals surface area contributed by atoms with Crippen LogP contribution in [0.1, 0.15) is 68.0 Å². The highest BCUT2D eigenvalue weighted by molar-refractivity contribution is 5.06. The lowest BCUT2D eigenvalue weighted by Crippen LogP contribution is -2.28. The molecule has 1 aliphatic carbocycles. The van der Waals surface area contributed by atoms with Crippen LogP contribution in [0.25, 0.3) is 0 Å². The van der Waals surface area contributed by atoms with E-state index in [4.69, 9.17) is 4.52 Å². The lowest BCUT2D eigenvalue weighted by molar-refractivity contribution is 0.326. The van der Waals surface area contributed by atoms with Crippen LogP contribution in [0, 0.1) is 0 Å². The highest BCUT2D eigenvalue weighted by atomic mass is 16.5. The van der Waals surface area contributed by atoms with Crippen LogP contribution in [0.5, 0.6) is 0 Å². The summed E-state index contributed by atoms with van der Waals surface area (Å²) in [6.45, 7) is 4.08. The van der Waals surface area contributed by atoms with Crippen LogP contribution in [0.3, 0.4) is 0 Å². The Morgan fingerprint density at radius 2 is 2.33 bits per heavy atom. The first kappa shape index (κ1) is 13.0. The van der Waals surface area contributed by atoms with Gasteiger partial charge in [-0.05, 0) is 32.6 Å². The van der Waals surface area contributed by atoms with Crippen LogP contribution in [0.2, 0.25) is 0 Å². The van der Waals surface area contributed by atoms with E-state index >= 15 is 0 Å². The number of fused-ring (bicyclic) bond motifs is 1. The van der Waals surface area contributed by atoms with Crippen molar-refractivity contribution < 1.29 is 4.52 Å². The van der Waals surface area contributed by atoms with Gasteiger partial charge < -0.3 is 14.4 Å². The van der Waals surface area contributed by atoms with Gasteiger partial charge in [0.15, 0.2) is 5.82 Å². The van der Waals surface area contributed by atoms with Gasteiger partial charge in [0.2, 0.25) is 5.89 Å².